The van der Waals surface area contributed by atoms with Crippen LogP contribution in [-0.4, -0.2) is 29.3 Å². The van der Waals surface area contributed by atoms with Crippen LogP contribution in [-0.2, 0) is 25.5 Å². The van der Waals surface area contributed by atoms with Gasteiger partial charge in [-0.15, -0.1) is 0 Å². The standard InChI is InChI=1S/C25H38O5/c1-5-6-8-21(24(28)30-25(2,3)4)17-20(23(26)27)15-12-18-10-13-19(14-11-18)22-9-7-16-29-22/h10-11,13-14,20-22H,5-9,12,15-17H2,1-4H3,(H,26,27)/t20-,21-,22?/m0/s1. The van der Waals surface area contributed by atoms with E-state index in [1.807, 2.05) is 20.8 Å². The lowest BCUT2D eigenvalue weighted by Gasteiger charge is -2.25. The van der Waals surface area contributed by atoms with E-state index in [1.165, 1.54) is 5.56 Å². The second-order valence-corrected chi connectivity index (χ2v) is 9.43. The Bertz CT molecular complexity index is 668. The predicted molar refractivity (Wildman–Crippen MR) is 117 cm³/mol. The van der Waals surface area contributed by atoms with Crippen LogP contribution in [0.1, 0.15) is 89.9 Å². The van der Waals surface area contributed by atoms with Crippen LogP contribution in [0.15, 0.2) is 24.3 Å². The fourth-order valence-corrected chi connectivity index (χ4v) is 3.93. The highest BCUT2D eigenvalue weighted by molar-refractivity contribution is 5.75. The first-order valence-corrected chi connectivity index (χ1v) is 11.4. The summed E-state index contributed by atoms with van der Waals surface area (Å²) < 4.78 is 11.3. The molecule has 1 fully saturated rings. The Morgan fingerprint density at radius 2 is 1.87 bits per heavy atom. The lowest BCUT2D eigenvalue weighted by molar-refractivity contribution is -0.161. The predicted octanol–water partition coefficient (Wildman–Crippen LogP) is 5.71. The molecule has 1 saturated heterocycles. The van der Waals surface area contributed by atoms with E-state index in [9.17, 15) is 14.7 Å². The fourth-order valence-electron chi connectivity index (χ4n) is 3.93. The minimum Gasteiger partial charge on any atom is -0.481 e. The van der Waals surface area contributed by atoms with Crippen molar-refractivity contribution in [1.82, 2.24) is 0 Å². The zero-order valence-electron chi connectivity index (χ0n) is 19.0. The van der Waals surface area contributed by atoms with Gasteiger partial charge >= 0.3 is 11.9 Å². The molecule has 1 aromatic carbocycles. The summed E-state index contributed by atoms with van der Waals surface area (Å²) in [5.41, 5.74) is 1.74. The van der Waals surface area contributed by atoms with Gasteiger partial charge in [-0.2, -0.15) is 0 Å². The van der Waals surface area contributed by atoms with Crippen LogP contribution in [0, 0.1) is 11.8 Å². The summed E-state index contributed by atoms with van der Waals surface area (Å²) >= 11 is 0. The van der Waals surface area contributed by atoms with E-state index in [-0.39, 0.29) is 18.0 Å². The van der Waals surface area contributed by atoms with Crippen molar-refractivity contribution in [3.8, 4) is 0 Å². The van der Waals surface area contributed by atoms with Crippen LogP contribution < -0.4 is 0 Å². The molecule has 168 valence electrons. The Hall–Kier alpha value is -1.88. The van der Waals surface area contributed by atoms with Gasteiger partial charge in [-0.3, -0.25) is 9.59 Å². The minimum atomic E-state index is -0.837. The number of aliphatic carboxylic acids is 1. The van der Waals surface area contributed by atoms with Crippen molar-refractivity contribution in [1.29, 1.82) is 0 Å². The Labute approximate surface area is 181 Å². The molecule has 1 aromatic rings. The maximum absolute atomic E-state index is 12.6. The maximum atomic E-state index is 12.6. The highest BCUT2D eigenvalue weighted by Gasteiger charge is 2.30. The molecule has 3 atom stereocenters. The van der Waals surface area contributed by atoms with E-state index >= 15 is 0 Å². The molecule has 1 aliphatic rings. The molecule has 1 unspecified atom stereocenters. The molecule has 0 radical (unpaired) electrons. The summed E-state index contributed by atoms with van der Waals surface area (Å²) in [6.45, 7) is 8.43. The Morgan fingerprint density at radius 3 is 2.40 bits per heavy atom. The van der Waals surface area contributed by atoms with E-state index in [1.54, 1.807) is 0 Å². The van der Waals surface area contributed by atoms with Crippen molar-refractivity contribution in [2.24, 2.45) is 11.8 Å². The van der Waals surface area contributed by atoms with E-state index < -0.39 is 17.5 Å². The summed E-state index contributed by atoms with van der Waals surface area (Å²) in [7, 11) is 0. The number of esters is 1. The van der Waals surface area contributed by atoms with Gasteiger partial charge in [0.2, 0.25) is 0 Å². The molecule has 2 rings (SSSR count). The Balaban J connectivity index is 1.97. The molecule has 0 bridgehead atoms. The van der Waals surface area contributed by atoms with Gasteiger partial charge in [0.05, 0.1) is 17.9 Å². The molecule has 5 nitrogen and oxygen atoms in total. The number of benzene rings is 1. The number of aryl methyl sites for hydroxylation is 1. The number of carboxylic acid groups (broad SMARTS) is 1. The highest BCUT2D eigenvalue weighted by atomic mass is 16.6. The lowest BCUT2D eigenvalue weighted by atomic mass is 9.87. The molecule has 1 N–H and O–H groups in total. The normalized spacial score (nSPS) is 18.7. The molecule has 0 saturated carbocycles. The van der Waals surface area contributed by atoms with Gasteiger partial charge < -0.3 is 14.6 Å². The molecule has 5 heteroatoms. The third-order valence-electron chi connectivity index (χ3n) is 5.63. The van der Waals surface area contributed by atoms with E-state index in [2.05, 4.69) is 31.2 Å². The van der Waals surface area contributed by atoms with Gasteiger partial charge in [0.25, 0.3) is 0 Å². The van der Waals surface area contributed by atoms with Crippen LogP contribution in [0.4, 0.5) is 0 Å². The maximum Gasteiger partial charge on any atom is 0.309 e. The van der Waals surface area contributed by atoms with Crippen molar-refractivity contribution in [2.45, 2.75) is 90.8 Å². The molecule has 0 aromatic heterocycles. The summed E-state index contributed by atoms with van der Waals surface area (Å²) in [5.74, 6) is -2.04. The summed E-state index contributed by atoms with van der Waals surface area (Å²) in [5, 5.41) is 9.76. The third kappa shape index (κ3) is 8.10. The first-order valence-electron chi connectivity index (χ1n) is 11.4. The number of unbranched alkanes of at least 4 members (excludes halogenated alkanes) is 1. The van der Waals surface area contributed by atoms with Crippen molar-refractivity contribution >= 4 is 11.9 Å². The number of ether oxygens (including phenoxy) is 2. The van der Waals surface area contributed by atoms with Crippen LogP contribution in [0.3, 0.4) is 0 Å². The number of carbonyl (C=O) groups is 2. The van der Waals surface area contributed by atoms with E-state index in [0.29, 0.717) is 25.7 Å². The van der Waals surface area contributed by atoms with Gasteiger partial charge in [-0.05, 0) is 70.4 Å². The average molecular weight is 419 g/mol. The van der Waals surface area contributed by atoms with Gasteiger partial charge in [0.1, 0.15) is 5.60 Å². The highest BCUT2D eigenvalue weighted by Crippen LogP contribution is 2.29. The zero-order valence-corrected chi connectivity index (χ0v) is 19.0. The summed E-state index contributed by atoms with van der Waals surface area (Å²) in [4.78, 5) is 24.5. The van der Waals surface area contributed by atoms with Gasteiger partial charge in [-0.25, -0.2) is 0 Å². The molecule has 1 heterocycles. The second kappa shape index (κ2) is 11.5. The number of rotatable bonds is 11. The molecule has 0 spiro atoms. The van der Waals surface area contributed by atoms with Crippen molar-refractivity contribution in [3.05, 3.63) is 35.4 Å². The monoisotopic (exact) mass is 418 g/mol. The molecule has 0 aliphatic carbocycles. The topological polar surface area (TPSA) is 72.8 Å². The fraction of sp³-hybridized carbons (Fsp3) is 0.680. The van der Waals surface area contributed by atoms with Crippen molar-refractivity contribution < 1.29 is 24.2 Å². The molecular weight excluding hydrogens is 380 g/mol. The van der Waals surface area contributed by atoms with Crippen LogP contribution in [0.2, 0.25) is 0 Å². The minimum absolute atomic E-state index is 0.193. The SMILES string of the molecule is CCCC[C@@H](C[C@H](CCc1ccc(C2CCCO2)cc1)C(=O)O)C(=O)OC(C)(C)C. The number of hydrogen-bond acceptors (Lipinski definition) is 4. The summed E-state index contributed by atoms with van der Waals surface area (Å²) in [6.07, 6.45) is 6.41. The molecule has 30 heavy (non-hydrogen) atoms. The molecule has 1 aliphatic heterocycles. The average Bonchev–Trinajstić information content (AvgIpc) is 3.21. The number of hydrogen-bond donors (Lipinski definition) is 1. The number of carbonyl (C=O) groups excluding carboxylic acids is 1. The quantitative estimate of drug-likeness (QED) is 0.466. The smallest absolute Gasteiger partial charge is 0.309 e. The van der Waals surface area contributed by atoms with Gasteiger partial charge in [0.15, 0.2) is 0 Å². The second-order valence-electron chi connectivity index (χ2n) is 9.43. The molecule has 0 amide bonds. The lowest BCUT2D eigenvalue weighted by Crippen LogP contribution is -2.31. The summed E-state index contributed by atoms with van der Waals surface area (Å²) in [6, 6.07) is 8.31. The number of carboxylic acids is 1. The van der Waals surface area contributed by atoms with E-state index in [0.717, 1.165) is 37.9 Å². The largest absolute Gasteiger partial charge is 0.481 e. The molecular formula is C25H38O5. The van der Waals surface area contributed by atoms with Gasteiger partial charge in [0, 0.05) is 6.61 Å². The zero-order chi connectivity index (χ0) is 22.1. The van der Waals surface area contributed by atoms with E-state index in [4.69, 9.17) is 9.47 Å². The first-order chi connectivity index (χ1) is 14.2. The van der Waals surface area contributed by atoms with Crippen LogP contribution in [0.25, 0.3) is 0 Å². The van der Waals surface area contributed by atoms with Gasteiger partial charge in [-0.1, -0.05) is 44.0 Å². The first kappa shape index (κ1) is 24.4. The Morgan fingerprint density at radius 1 is 1.17 bits per heavy atom. The van der Waals surface area contributed by atoms with Crippen molar-refractivity contribution in [2.75, 3.05) is 6.61 Å². The third-order valence-corrected chi connectivity index (χ3v) is 5.63. The Kier molecular flexibility index (Phi) is 9.35. The van der Waals surface area contributed by atoms with Crippen LogP contribution in [0.5, 0.6) is 0 Å². The van der Waals surface area contributed by atoms with Crippen LogP contribution >= 0.6 is 0 Å². The van der Waals surface area contributed by atoms with Crippen molar-refractivity contribution in [3.63, 3.8) is 0 Å².